The molecule has 0 aliphatic heterocycles. The van der Waals surface area contributed by atoms with Crippen molar-refractivity contribution >= 4 is 63.0 Å². The number of fused-ring (bicyclic) bond motifs is 1. The predicted molar refractivity (Wildman–Crippen MR) is 154 cm³/mol. The summed E-state index contributed by atoms with van der Waals surface area (Å²) in [5.41, 5.74) is 4.98. The molecule has 0 aliphatic rings. The number of halogens is 1. The number of hydrazone groups is 1. The van der Waals surface area contributed by atoms with Crippen molar-refractivity contribution in [3.8, 4) is 11.5 Å². The van der Waals surface area contributed by atoms with Gasteiger partial charge < -0.3 is 19.2 Å². The number of benzene rings is 3. The van der Waals surface area contributed by atoms with Gasteiger partial charge in [0.25, 0.3) is 11.6 Å². The van der Waals surface area contributed by atoms with Gasteiger partial charge in [-0.2, -0.15) is 5.10 Å². The second kappa shape index (κ2) is 12.4. The number of nitrogens with zero attached hydrogens (tertiary/aromatic N) is 2. The molecule has 0 saturated heterocycles. The Labute approximate surface area is 236 Å². The van der Waals surface area contributed by atoms with Crippen LogP contribution in [0, 0.1) is 20.6 Å². The van der Waals surface area contributed by atoms with Crippen LogP contribution < -0.4 is 20.2 Å². The molecule has 0 unspecified atom stereocenters. The third-order valence-corrected chi connectivity index (χ3v) is 6.13. The number of nitro groups is 1. The summed E-state index contributed by atoms with van der Waals surface area (Å²) in [6.07, 6.45) is 1.42. The van der Waals surface area contributed by atoms with Gasteiger partial charge in [-0.3, -0.25) is 19.7 Å². The van der Waals surface area contributed by atoms with Gasteiger partial charge in [-0.25, -0.2) is 5.43 Å². The van der Waals surface area contributed by atoms with E-state index in [1.165, 1.54) is 30.5 Å². The van der Waals surface area contributed by atoms with E-state index in [1.807, 2.05) is 38.1 Å². The standard InChI is InChI=1S/C27H23IN4O7/c1-3-37-23-11-17(10-21(28)26(23)38-15-25(33)30-19-6-4-16(2)5-7-19)14-29-31-27(34)24-13-18-12-20(32(35)36)8-9-22(18)39-24/h4-14H,3,15H2,1-2H3,(H,30,33)(H,31,34)/b29-14-. The number of carbonyl (C=O) groups excluding carboxylic acids is 2. The van der Waals surface area contributed by atoms with Gasteiger partial charge in [0.2, 0.25) is 0 Å². The Hall–Kier alpha value is -4.46. The van der Waals surface area contributed by atoms with Crippen molar-refractivity contribution in [2.24, 2.45) is 5.10 Å². The van der Waals surface area contributed by atoms with Gasteiger partial charge in [0.05, 0.1) is 21.3 Å². The normalized spacial score (nSPS) is 10.9. The lowest BCUT2D eigenvalue weighted by molar-refractivity contribution is -0.384. The molecule has 0 fully saturated rings. The molecular weight excluding hydrogens is 619 g/mol. The Morgan fingerprint density at radius 2 is 1.87 bits per heavy atom. The zero-order valence-electron chi connectivity index (χ0n) is 20.9. The molecule has 3 aromatic carbocycles. The molecule has 0 aliphatic carbocycles. The Bertz CT molecular complexity index is 1560. The maximum Gasteiger partial charge on any atom is 0.307 e. The maximum absolute atomic E-state index is 12.5. The van der Waals surface area contributed by atoms with Crippen LogP contribution in [0.2, 0.25) is 0 Å². The third-order valence-electron chi connectivity index (χ3n) is 5.33. The van der Waals surface area contributed by atoms with Gasteiger partial charge >= 0.3 is 5.91 Å². The summed E-state index contributed by atoms with van der Waals surface area (Å²) in [4.78, 5) is 35.3. The number of hydrogen-bond acceptors (Lipinski definition) is 8. The highest BCUT2D eigenvalue weighted by Gasteiger charge is 2.16. The number of rotatable bonds is 10. The van der Waals surface area contributed by atoms with Crippen LogP contribution in [0.4, 0.5) is 11.4 Å². The summed E-state index contributed by atoms with van der Waals surface area (Å²) >= 11 is 2.07. The quantitative estimate of drug-likeness (QED) is 0.102. The lowest BCUT2D eigenvalue weighted by atomic mass is 10.2. The molecule has 0 radical (unpaired) electrons. The highest BCUT2D eigenvalue weighted by molar-refractivity contribution is 14.1. The van der Waals surface area contributed by atoms with Crippen molar-refractivity contribution in [3.05, 3.63) is 91.2 Å². The SMILES string of the molecule is CCOc1cc(/C=N\NC(=O)c2cc3cc([N+](=O)[O-])ccc3o2)cc(I)c1OCC(=O)Nc1ccc(C)cc1. The zero-order valence-corrected chi connectivity index (χ0v) is 23.1. The summed E-state index contributed by atoms with van der Waals surface area (Å²) in [5.74, 6) is -0.150. The maximum atomic E-state index is 12.5. The molecule has 4 rings (SSSR count). The number of nitrogens with one attached hydrogen (secondary N) is 2. The number of ether oxygens (including phenoxy) is 2. The van der Waals surface area contributed by atoms with Crippen molar-refractivity contribution in [1.29, 1.82) is 0 Å². The van der Waals surface area contributed by atoms with Crippen molar-refractivity contribution in [3.63, 3.8) is 0 Å². The van der Waals surface area contributed by atoms with E-state index in [9.17, 15) is 19.7 Å². The topological polar surface area (TPSA) is 145 Å². The number of furan rings is 1. The Morgan fingerprint density at radius 3 is 2.59 bits per heavy atom. The minimum Gasteiger partial charge on any atom is -0.490 e. The minimum absolute atomic E-state index is 0.0418. The van der Waals surface area contributed by atoms with Crippen molar-refractivity contribution in [2.45, 2.75) is 13.8 Å². The van der Waals surface area contributed by atoms with Crippen LogP contribution in [-0.4, -0.2) is 36.2 Å². The second-order valence-electron chi connectivity index (χ2n) is 8.25. The summed E-state index contributed by atoms with van der Waals surface area (Å²) in [6, 6.07) is 16.3. The average Bonchev–Trinajstić information content (AvgIpc) is 3.33. The lowest BCUT2D eigenvalue weighted by Crippen LogP contribution is -2.20. The molecule has 0 saturated carbocycles. The van der Waals surface area contributed by atoms with Crippen molar-refractivity contribution in [2.75, 3.05) is 18.5 Å². The molecule has 11 nitrogen and oxygen atoms in total. The Balaban J connectivity index is 1.41. The average molecular weight is 642 g/mol. The fourth-order valence-electron chi connectivity index (χ4n) is 3.51. The van der Waals surface area contributed by atoms with Gasteiger partial charge in [0.15, 0.2) is 23.9 Å². The van der Waals surface area contributed by atoms with E-state index in [2.05, 4.69) is 38.4 Å². The number of amides is 2. The summed E-state index contributed by atoms with van der Waals surface area (Å²) in [7, 11) is 0. The first-order valence-electron chi connectivity index (χ1n) is 11.7. The molecule has 0 atom stereocenters. The molecule has 2 N–H and O–H groups in total. The molecule has 12 heteroatoms. The number of carbonyl (C=O) groups is 2. The highest BCUT2D eigenvalue weighted by Crippen LogP contribution is 2.34. The zero-order chi connectivity index (χ0) is 27.9. The van der Waals surface area contributed by atoms with Gasteiger partial charge in [0, 0.05) is 23.2 Å². The molecule has 1 heterocycles. The molecular formula is C27H23IN4O7. The van der Waals surface area contributed by atoms with E-state index in [4.69, 9.17) is 13.9 Å². The van der Waals surface area contributed by atoms with Crippen LogP contribution in [0.5, 0.6) is 11.5 Å². The van der Waals surface area contributed by atoms with E-state index in [-0.39, 0.29) is 24.0 Å². The van der Waals surface area contributed by atoms with Crippen molar-refractivity contribution in [1.82, 2.24) is 5.43 Å². The summed E-state index contributed by atoms with van der Waals surface area (Å²) in [6.45, 7) is 3.94. The lowest BCUT2D eigenvalue weighted by Gasteiger charge is -2.14. The third kappa shape index (κ3) is 7.10. The van der Waals surface area contributed by atoms with Gasteiger partial charge in [-0.15, -0.1) is 0 Å². The van der Waals surface area contributed by atoms with Crippen LogP contribution in [0.25, 0.3) is 11.0 Å². The fraction of sp³-hybridized carbons (Fsp3) is 0.148. The number of anilines is 1. The van der Waals surface area contributed by atoms with E-state index in [1.54, 1.807) is 12.1 Å². The number of nitro benzene ring substituents is 1. The fourth-order valence-corrected chi connectivity index (χ4v) is 4.30. The van der Waals surface area contributed by atoms with Gasteiger partial charge in [-0.1, -0.05) is 17.7 Å². The molecule has 39 heavy (non-hydrogen) atoms. The van der Waals surface area contributed by atoms with E-state index < -0.39 is 10.8 Å². The summed E-state index contributed by atoms with van der Waals surface area (Å²) < 4.78 is 17.6. The predicted octanol–water partition coefficient (Wildman–Crippen LogP) is 5.43. The number of aryl methyl sites for hydroxylation is 1. The van der Waals surface area contributed by atoms with E-state index >= 15 is 0 Å². The second-order valence-corrected chi connectivity index (χ2v) is 9.42. The van der Waals surface area contributed by atoms with Crippen LogP contribution in [0.1, 0.15) is 28.6 Å². The Morgan fingerprint density at radius 1 is 1.10 bits per heavy atom. The number of non-ortho nitro benzene ring substituents is 1. The van der Waals surface area contributed by atoms with Crippen LogP contribution >= 0.6 is 22.6 Å². The van der Waals surface area contributed by atoms with Crippen molar-refractivity contribution < 1.29 is 28.4 Å². The largest absolute Gasteiger partial charge is 0.490 e. The minimum atomic E-state index is -0.621. The Kier molecular flexibility index (Phi) is 8.76. The van der Waals surface area contributed by atoms with Gasteiger partial charge in [0.1, 0.15) is 5.58 Å². The molecule has 200 valence electrons. The van der Waals surface area contributed by atoms with Crippen LogP contribution in [-0.2, 0) is 4.79 Å². The monoisotopic (exact) mass is 642 g/mol. The molecule has 0 spiro atoms. The first-order chi connectivity index (χ1) is 18.7. The first kappa shape index (κ1) is 27.6. The van der Waals surface area contributed by atoms with Gasteiger partial charge in [-0.05, 0) is 78.4 Å². The molecule has 2 amide bonds. The van der Waals surface area contributed by atoms with Crippen LogP contribution in [0.3, 0.4) is 0 Å². The molecule has 1 aromatic heterocycles. The van der Waals surface area contributed by atoms with Crippen LogP contribution in [0.15, 0.2) is 70.2 Å². The summed E-state index contributed by atoms with van der Waals surface area (Å²) in [5, 5.41) is 18.1. The smallest absolute Gasteiger partial charge is 0.307 e. The first-order valence-corrected chi connectivity index (χ1v) is 12.8. The highest BCUT2D eigenvalue weighted by atomic mass is 127. The van der Waals surface area contributed by atoms with E-state index in [0.29, 0.717) is 43.9 Å². The molecule has 0 bridgehead atoms. The molecule has 4 aromatic rings. The number of hydrogen-bond donors (Lipinski definition) is 2. The van der Waals surface area contributed by atoms with E-state index in [0.717, 1.165) is 5.56 Å².